The maximum Gasteiger partial charge on any atom is 0.248 e. The Hall–Kier alpha value is -3.14. The summed E-state index contributed by atoms with van der Waals surface area (Å²) in [5, 5.41) is 3.82. The van der Waals surface area contributed by atoms with Gasteiger partial charge in [-0.2, -0.15) is 0 Å². The summed E-state index contributed by atoms with van der Waals surface area (Å²) in [5.41, 5.74) is 3.71. The Bertz CT molecular complexity index is 988. The van der Waals surface area contributed by atoms with E-state index in [-0.39, 0.29) is 11.5 Å². The summed E-state index contributed by atoms with van der Waals surface area (Å²) in [6.07, 6.45) is 3.39. The summed E-state index contributed by atoms with van der Waals surface area (Å²) in [6, 6.07) is 19.3. The van der Waals surface area contributed by atoms with Crippen molar-refractivity contribution in [1.82, 2.24) is 10.3 Å². The average Bonchev–Trinajstić information content (AvgIpc) is 2.65. The molecule has 0 unspecified atom stereocenters. The van der Waals surface area contributed by atoms with Crippen LogP contribution in [0.25, 0.3) is 10.9 Å². The highest BCUT2D eigenvalue weighted by molar-refractivity contribution is 5.89. The zero-order valence-electron chi connectivity index (χ0n) is 14.8. The van der Waals surface area contributed by atoms with Crippen molar-refractivity contribution in [2.75, 3.05) is 0 Å². The number of carbonyl (C=O) groups is 1. The largest absolute Gasteiger partial charge is 0.348 e. The number of pyridine rings is 1. The Morgan fingerprint density at radius 2 is 1.81 bits per heavy atom. The third-order valence-corrected chi connectivity index (χ3v) is 4.32. The first kappa shape index (κ1) is 17.7. The molecule has 0 aliphatic rings. The van der Waals surface area contributed by atoms with Crippen LogP contribution >= 0.6 is 0 Å². The van der Waals surface area contributed by atoms with Crippen molar-refractivity contribution in [2.45, 2.75) is 26.3 Å². The molecule has 0 radical (unpaired) electrons. The number of allylic oxidation sites excluding steroid dienone is 1. The number of carbonyl (C=O) groups excluding carboxylic acids is 1. The van der Waals surface area contributed by atoms with Crippen LogP contribution in [0, 0.1) is 0 Å². The number of hydrogen-bond donors (Lipinski definition) is 2. The second-order valence-corrected chi connectivity index (χ2v) is 6.40. The molecular weight excluding hydrogens is 324 g/mol. The van der Waals surface area contributed by atoms with E-state index in [2.05, 4.69) is 22.4 Å². The Labute approximate surface area is 152 Å². The Morgan fingerprint density at radius 3 is 2.62 bits per heavy atom. The van der Waals surface area contributed by atoms with E-state index in [9.17, 15) is 9.59 Å². The Balaban J connectivity index is 1.61. The van der Waals surface area contributed by atoms with Gasteiger partial charge in [0.2, 0.25) is 11.5 Å². The fourth-order valence-electron chi connectivity index (χ4n) is 2.94. The van der Waals surface area contributed by atoms with Gasteiger partial charge in [0, 0.05) is 29.6 Å². The SMILES string of the molecule is C/C(=C/C(=O)NCc1cc(=O)[nH]c2ccccc12)CCc1ccccc1. The lowest BCUT2D eigenvalue weighted by Gasteiger charge is -2.07. The summed E-state index contributed by atoms with van der Waals surface area (Å²) >= 11 is 0. The van der Waals surface area contributed by atoms with E-state index >= 15 is 0 Å². The molecule has 0 saturated carbocycles. The molecule has 0 bridgehead atoms. The van der Waals surface area contributed by atoms with Crippen molar-refractivity contribution in [3.8, 4) is 0 Å². The van der Waals surface area contributed by atoms with Gasteiger partial charge in [-0.05, 0) is 37.0 Å². The molecular formula is C22H22N2O2. The number of amides is 1. The number of H-pyrrole nitrogens is 1. The fraction of sp³-hybridized carbons (Fsp3) is 0.182. The average molecular weight is 346 g/mol. The number of fused-ring (bicyclic) bond motifs is 1. The smallest absolute Gasteiger partial charge is 0.248 e. The van der Waals surface area contributed by atoms with Crippen LogP contribution in [0.4, 0.5) is 0 Å². The van der Waals surface area contributed by atoms with Gasteiger partial charge in [-0.15, -0.1) is 0 Å². The van der Waals surface area contributed by atoms with Crippen LogP contribution in [0.15, 0.2) is 77.1 Å². The zero-order chi connectivity index (χ0) is 18.4. The van der Waals surface area contributed by atoms with Crippen LogP contribution in [-0.4, -0.2) is 10.9 Å². The van der Waals surface area contributed by atoms with E-state index in [1.54, 1.807) is 6.08 Å². The van der Waals surface area contributed by atoms with Gasteiger partial charge < -0.3 is 10.3 Å². The molecule has 0 atom stereocenters. The molecule has 0 aliphatic carbocycles. The predicted octanol–water partition coefficient (Wildman–Crippen LogP) is 3.72. The number of rotatable bonds is 6. The van der Waals surface area contributed by atoms with Crippen LogP contribution in [-0.2, 0) is 17.8 Å². The highest BCUT2D eigenvalue weighted by Gasteiger charge is 2.05. The third kappa shape index (κ3) is 4.70. The zero-order valence-corrected chi connectivity index (χ0v) is 14.8. The summed E-state index contributed by atoms with van der Waals surface area (Å²) in [7, 11) is 0. The minimum atomic E-state index is -0.164. The first-order valence-corrected chi connectivity index (χ1v) is 8.72. The molecule has 4 heteroatoms. The van der Waals surface area contributed by atoms with E-state index in [0.29, 0.717) is 6.54 Å². The minimum absolute atomic E-state index is 0.139. The number of hydrogen-bond acceptors (Lipinski definition) is 2. The number of aromatic amines is 1. The molecule has 1 aromatic heterocycles. The summed E-state index contributed by atoms with van der Waals surface area (Å²) in [6.45, 7) is 2.29. The maximum absolute atomic E-state index is 12.2. The van der Waals surface area contributed by atoms with Crippen LogP contribution in [0.2, 0.25) is 0 Å². The molecule has 132 valence electrons. The second kappa shape index (κ2) is 8.30. The predicted molar refractivity (Wildman–Crippen MR) is 105 cm³/mol. The molecule has 2 N–H and O–H groups in total. The number of nitrogens with one attached hydrogen (secondary N) is 2. The van der Waals surface area contributed by atoms with Gasteiger partial charge in [-0.25, -0.2) is 0 Å². The summed E-state index contributed by atoms with van der Waals surface area (Å²) < 4.78 is 0. The molecule has 26 heavy (non-hydrogen) atoms. The lowest BCUT2D eigenvalue weighted by atomic mass is 10.1. The van der Waals surface area contributed by atoms with E-state index in [4.69, 9.17) is 0 Å². The van der Waals surface area contributed by atoms with E-state index in [1.807, 2.05) is 49.4 Å². The highest BCUT2D eigenvalue weighted by Crippen LogP contribution is 2.14. The van der Waals surface area contributed by atoms with Crippen molar-refractivity contribution < 1.29 is 4.79 Å². The van der Waals surface area contributed by atoms with Gasteiger partial charge in [0.1, 0.15) is 0 Å². The van der Waals surface area contributed by atoms with Crippen molar-refractivity contribution in [3.05, 3.63) is 93.8 Å². The van der Waals surface area contributed by atoms with Gasteiger partial charge in [0.15, 0.2) is 0 Å². The fourth-order valence-corrected chi connectivity index (χ4v) is 2.94. The number of benzene rings is 2. The molecule has 0 aliphatic heterocycles. The van der Waals surface area contributed by atoms with Gasteiger partial charge >= 0.3 is 0 Å². The van der Waals surface area contributed by atoms with Gasteiger partial charge in [-0.1, -0.05) is 54.1 Å². The first-order valence-electron chi connectivity index (χ1n) is 8.72. The topological polar surface area (TPSA) is 62.0 Å². The lowest BCUT2D eigenvalue weighted by Crippen LogP contribution is -2.22. The molecule has 2 aromatic carbocycles. The quantitative estimate of drug-likeness (QED) is 0.668. The van der Waals surface area contributed by atoms with Crippen LogP contribution in [0.3, 0.4) is 0 Å². The minimum Gasteiger partial charge on any atom is -0.348 e. The summed E-state index contributed by atoms with van der Waals surface area (Å²) in [4.78, 5) is 26.8. The third-order valence-electron chi connectivity index (χ3n) is 4.32. The summed E-state index contributed by atoms with van der Waals surface area (Å²) in [5.74, 6) is -0.139. The van der Waals surface area contributed by atoms with Gasteiger partial charge in [0.05, 0.1) is 0 Å². The molecule has 0 spiro atoms. The number of aromatic nitrogens is 1. The van der Waals surface area contributed by atoms with Crippen molar-refractivity contribution in [2.24, 2.45) is 0 Å². The van der Waals surface area contributed by atoms with E-state index in [0.717, 1.165) is 34.9 Å². The lowest BCUT2D eigenvalue weighted by molar-refractivity contribution is -0.116. The molecule has 3 rings (SSSR count). The van der Waals surface area contributed by atoms with Gasteiger partial charge in [-0.3, -0.25) is 9.59 Å². The normalized spacial score (nSPS) is 11.5. The molecule has 1 amide bonds. The van der Waals surface area contributed by atoms with Crippen LogP contribution in [0.5, 0.6) is 0 Å². The van der Waals surface area contributed by atoms with E-state index in [1.165, 1.54) is 11.6 Å². The molecule has 0 saturated heterocycles. The van der Waals surface area contributed by atoms with E-state index < -0.39 is 0 Å². The number of aryl methyl sites for hydroxylation is 1. The first-order chi connectivity index (χ1) is 12.6. The molecule has 1 heterocycles. The maximum atomic E-state index is 12.2. The Kier molecular flexibility index (Phi) is 5.64. The Morgan fingerprint density at radius 1 is 1.08 bits per heavy atom. The van der Waals surface area contributed by atoms with Crippen molar-refractivity contribution >= 4 is 16.8 Å². The van der Waals surface area contributed by atoms with Crippen LogP contribution < -0.4 is 10.9 Å². The molecule has 0 fully saturated rings. The molecule has 3 aromatic rings. The van der Waals surface area contributed by atoms with Crippen molar-refractivity contribution in [3.63, 3.8) is 0 Å². The molecule has 4 nitrogen and oxygen atoms in total. The van der Waals surface area contributed by atoms with Crippen molar-refractivity contribution in [1.29, 1.82) is 0 Å². The highest BCUT2D eigenvalue weighted by atomic mass is 16.1. The standard InChI is InChI=1S/C22H22N2O2/c1-16(11-12-17-7-3-2-4-8-17)13-21(25)23-15-18-14-22(26)24-20-10-6-5-9-19(18)20/h2-10,13-14H,11-12,15H2,1H3,(H,23,25)(H,24,26)/b16-13-. The monoisotopic (exact) mass is 346 g/mol. The van der Waals surface area contributed by atoms with Gasteiger partial charge in [0.25, 0.3) is 0 Å². The second-order valence-electron chi connectivity index (χ2n) is 6.40. The van der Waals surface area contributed by atoms with Crippen LogP contribution in [0.1, 0.15) is 24.5 Å². The number of para-hydroxylation sites is 1.